The number of benzene rings is 1. The van der Waals surface area contributed by atoms with E-state index in [9.17, 15) is 4.79 Å². The number of rotatable bonds is 2. The molecule has 2 heterocycles. The van der Waals surface area contributed by atoms with E-state index in [4.69, 9.17) is 4.42 Å². The van der Waals surface area contributed by atoms with Crippen LogP contribution in [0.3, 0.4) is 0 Å². The van der Waals surface area contributed by atoms with Crippen LogP contribution in [-0.4, -0.2) is 37.0 Å². The molecule has 1 amide bonds. The fourth-order valence-corrected chi connectivity index (χ4v) is 2.29. The minimum absolute atomic E-state index is 0.0412. The molecule has 19 heavy (non-hydrogen) atoms. The lowest BCUT2D eigenvalue weighted by Gasteiger charge is -2.27. The Labute approximate surface area is 111 Å². The number of piperazine rings is 1. The van der Waals surface area contributed by atoms with Crippen molar-refractivity contribution in [3.8, 4) is 0 Å². The number of hydrogen-bond donors (Lipinski definition) is 1. The molecule has 4 heteroatoms. The Kier molecular flexibility index (Phi) is 3.09. The molecule has 1 fully saturated rings. The van der Waals surface area contributed by atoms with E-state index in [2.05, 4.69) is 11.9 Å². The standard InChI is InChI=1S/C15H16N2O2/c1-11(15(18)17-8-6-16-7-9-17)14-10-12-4-2-3-5-13(12)19-14/h2-5,10,16H,1,6-9H2. The SMILES string of the molecule is C=C(C(=O)N1CCNCC1)c1cc2ccccc2o1. The van der Waals surface area contributed by atoms with Gasteiger partial charge in [0.15, 0.2) is 0 Å². The van der Waals surface area contributed by atoms with Crippen LogP contribution < -0.4 is 5.32 Å². The van der Waals surface area contributed by atoms with Crippen LogP contribution >= 0.6 is 0 Å². The van der Waals surface area contributed by atoms with Gasteiger partial charge in [-0.05, 0) is 12.1 Å². The molecule has 1 aliphatic rings. The number of hydrogen-bond acceptors (Lipinski definition) is 3. The molecular formula is C15H16N2O2. The molecule has 0 bridgehead atoms. The molecule has 0 unspecified atom stereocenters. The van der Waals surface area contributed by atoms with Crippen LogP contribution in [0.5, 0.6) is 0 Å². The van der Waals surface area contributed by atoms with E-state index < -0.39 is 0 Å². The van der Waals surface area contributed by atoms with Gasteiger partial charge in [-0.1, -0.05) is 24.8 Å². The topological polar surface area (TPSA) is 45.5 Å². The maximum atomic E-state index is 12.3. The van der Waals surface area contributed by atoms with Crippen LogP contribution in [0.4, 0.5) is 0 Å². The molecule has 1 N–H and O–H groups in total. The van der Waals surface area contributed by atoms with E-state index >= 15 is 0 Å². The van der Waals surface area contributed by atoms with Crippen molar-refractivity contribution >= 4 is 22.4 Å². The fraction of sp³-hybridized carbons (Fsp3) is 0.267. The van der Waals surface area contributed by atoms with E-state index in [-0.39, 0.29) is 5.91 Å². The maximum Gasteiger partial charge on any atom is 0.257 e. The van der Waals surface area contributed by atoms with E-state index in [1.807, 2.05) is 35.2 Å². The van der Waals surface area contributed by atoms with Crippen LogP contribution in [0.15, 0.2) is 41.3 Å². The van der Waals surface area contributed by atoms with Crippen molar-refractivity contribution in [1.82, 2.24) is 10.2 Å². The molecule has 0 atom stereocenters. The van der Waals surface area contributed by atoms with Crippen molar-refractivity contribution in [1.29, 1.82) is 0 Å². The van der Waals surface area contributed by atoms with Gasteiger partial charge in [0, 0.05) is 31.6 Å². The molecule has 0 saturated carbocycles. The third-order valence-corrected chi connectivity index (χ3v) is 3.39. The molecule has 1 saturated heterocycles. The number of amides is 1. The highest BCUT2D eigenvalue weighted by Crippen LogP contribution is 2.24. The Morgan fingerprint density at radius 2 is 2.00 bits per heavy atom. The number of nitrogens with zero attached hydrogens (tertiary/aromatic N) is 1. The summed E-state index contributed by atoms with van der Waals surface area (Å²) in [6.07, 6.45) is 0. The fourth-order valence-electron chi connectivity index (χ4n) is 2.29. The van der Waals surface area contributed by atoms with Gasteiger partial charge in [-0.3, -0.25) is 4.79 Å². The van der Waals surface area contributed by atoms with Crippen LogP contribution in [0.2, 0.25) is 0 Å². The monoisotopic (exact) mass is 256 g/mol. The highest BCUT2D eigenvalue weighted by Gasteiger charge is 2.21. The Balaban J connectivity index is 1.84. The summed E-state index contributed by atoms with van der Waals surface area (Å²) < 4.78 is 5.68. The first-order valence-electron chi connectivity index (χ1n) is 6.43. The Bertz CT molecular complexity index is 591. The van der Waals surface area contributed by atoms with E-state index in [0.29, 0.717) is 11.3 Å². The second-order valence-corrected chi connectivity index (χ2v) is 4.67. The van der Waals surface area contributed by atoms with E-state index in [0.717, 1.165) is 37.1 Å². The zero-order valence-electron chi connectivity index (χ0n) is 10.7. The van der Waals surface area contributed by atoms with Crippen LogP contribution in [0.25, 0.3) is 16.5 Å². The smallest absolute Gasteiger partial charge is 0.257 e. The Morgan fingerprint density at radius 3 is 2.74 bits per heavy atom. The summed E-state index contributed by atoms with van der Waals surface area (Å²) >= 11 is 0. The van der Waals surface area contributed by atoms with Gasteiger partial charge in [0.2, 0.25) is 0 Å². The van der Waals surface area contributed by atoms with Gasteiger partial charge in [0.25, 0.3) is 5.91 Å². The quantitative estimate of drug-likeness (QED) is 0.834. The first kappa shape index (κ1) is 12.0. The van der Waals surface area contributed by atoms with E-state index in [1.54, 1.807) is 0 Å². The van der Waals surface area contributed by atoms with Gasteiger partial charge < -0.3 is 14.6 Å². The molecule has 98 valence electrons. The number of fused-ring (bicyclic) bond motifs is 1. The predicted molar refractivity (Wildman–Crippen MR) is 74.7 cm³/mol. The predicted octanol–water partition coefficient (Wildman–Crippen LogP) is 1.88. The molecule has 3 rings (SSSR count). The molecule has 0 radical (unpaired) electrons. The number of furan rings is 1. The average Bonchev–Trinajstić information content (AvgIpc) is 2.90. The summed E-state index contributed by atoms with van der Waals surface area (Å²) in [5.41, 5.74) is 1.21. The molecule has 1 aromatic heterocycles. The molecule has 0 spiro atoms. The lowest BCUT2D eigenvalue weighted by Crippen LogP contribution is -2.46. The largest absolute Gasteiger partial charge is 0.456 e. The van der Waals surface area contributed by atoms with Gasteiger partial charge in [0.05, 0.1) is 5.57 Å². The van der Waals surface area contributed by atoms with E-state index in [1.165, 1.54) is 0 Å². The molecular weight excluding hydrogens is 240 g/mol. The summed E-state index contributed by atoms with van der Waals surface area (Å²) in [6, 6.07) is 9.59. The van der Waals surface area contributed by atoms with Crippen molar-refractivity contribution in [2.24, 2.45) is 0 Å². The second-order valence-electron chi connectivity index (χ2n) is 4.67. The minimum atomic E-state index is -0.0412. The first-order chi connectivity index (χ1) is 9.25. The summed E-state index contributed by atoms with van der Waals surface area (Å²) in [5, 5.41) is 4.22. The van der Waals surface area contributed by atoms with Gasteiger partial charge in [0.1, 0.15) is 11.3 Å². The Morgan fingerprint density at radius 1 is 1.26 bits per heavy atom. The summed E-state index contributed by atoms with van der Waals surface area (Å²) in [6.45, 7) is 7.00. The van der Waals surface area contributed by atoms with Crippen molar-refractivity contribution in [3.63, 3.8) is 0 Å². The summed E-state index contributed by atoms with van der Waals surface area (Å²) in [5.74, 6) is 0.519. The minimum Gasteiger partial charge on any atom is -0.456 e. The molecule has 1 aliphatic heterocycles. The van der Waals surface area contributed by atoms with Crippen molar-refractivity contribution in [2.45, 2.75) is 0 Å². The third-order valence-electron chi connectivity index (χ3n) is 3.39. The number of para-hydroxylation sites is 1. The van der Waals surface area contributed by atoms with Gasteiger partial charge in [-0.25, -0.2) is 0 Å². The zero-order chi connectivity index (χ0) is 13.2. The first-order valence-corrected chi connectivity index (χ1v) is 6.43. The lowest BCUT2D eigenvalue weighted by molar-refractivity contribution is -0.125. The number of carbonyl (C=O) groups is 1. The van der Waals surface area contributed by atoms with Gasteiger partial charge >= 0.3 is 0 Å². The third kappa shape index (κ3) is 2.27. The number of carbonyl (C=O) groups excluding carboxylic acids is 1. The van der Waals surface area contributed by atoms with Gasteiger partial charge in [-0.15, -0.1) is 0 Å². The Hall–Kier alpha value is -2.07. The maximum absolute atomic E-state index is 12.3. The van der Waals surface area contributed by atoms with Crippen molar-refractivity contribution in [3.05, 3.63) is 42.7 Å². The molecule has 1 aromatic carbocycles. The number of nitrogens with one attached hydrogen (secondary N) is 1. The normalized spacial score (nSPS) is 15.7. The highest BCUT2D eigenvalue weighted by atomic mass is 16.3. The van der Waals surface area contributed by atoms with Crippen molar-refractivity contribution in [2.75, 3.05) is 26.2 Å². The molecule has 2 aromatic rings. The summed E-state index contributed by atoms with van der Waals surface area (Å²) in [4.78, 5) is 14.1. The zero-order valence-corrected chi connectivity index (χ0v) is 10.7. The molecule has 4 nitrogen and oxygen atoms in total. The van der Waals surface area contributed by atoms with Gasteiger partial charge in [-0.2, -0.15) is 0 Å². The van der Waals surface area contributed by atoms with Crippen LogP contribution in [0.1, 0.15) is 5.76 Å². The summed E-state index contributed by atoms with van der Waals surface area (Å²) in [7, 11) is 0. The average molecular weight is 256 g/mol. The second kappa shape index (κ2) is 4.90. The van der Waals surface area contributed by atoms with Crippen LogP contribution in [0, 0.1) is 0 Å². The van der Waals surface area contributed by atoms with Crippen LogP contribution in [-0.2, 0) is 4.79 Å². The highest BCUT2D eigenvalue weighted by molar-refractivity contribution is 6.18. The lowest BCUT2D eigenvalue weighted by atomic mass is 10.1. The van der Waals surface area contributed by atoms with Crippen molar-refractivity contribution < 1.29 is 9.21 Å². The molecule has 0 aliphatic carbocycles.